The van der Waals surface area contributed by atoms with Crippen LogP contribution < -0.4 is 5.32 Å². The predicted molar refractivity (Wildman–Crippen MR) is 115 cm³/mol. The highest BCUT2D eigenvalue weighted by Crippen LogP contribution is 2.18. The second-order valence-corrected chi connectivity index (χ2v) is 7.75. The number of amides is 2. The zero-order valence-electron chi connectivity index (χ0n) is 16.4. The van der Waals surface area contributed by atoms with Crippen molar-refractivity contribution in [3.05, 3.63) is 87.1 Å². The van der Waals surface area contributed by atoms with Gasteiger partial charge < -0.3 is 10.2 Å². The van der Waals surface area contributed by atoms with Crippen LogP contribution >= 0.6 is 15.9 Å². The van der Waals surface area contributed by atoms with E-state index < -0.39 is 0 Å². The Hall–Kier alpha value is -2.60. The monoisotopic (exact) mass is 440 g/mol. The summed E-state index contributed by atoms with van der Waals surface area (Å²) in [6, 6.07) is 18.1. The van der Waals surface area contributed by atoms with Crippen molar-refractivity contribution in [2.75, 3.05) is 7.05 Å². The third-order valence-electron chi connectivity index (χ3n) is 4.83. The minimum absolute atomic E-state index is 0.106. The van der Waals surface area contributed by atoms with E-state index in [1.165, 1.54) is 5.56 Å². The summed E-state index contributed by atoms with van der Waals surface area (Å²) in [7, 11) is 1.80. The van der Waals surface area contributed by atoms with Gasteiger partial charge in [0.15, 0.2) is 0 Å². The summed E-state index contributed by atoms with van der Waals surface area (Å²) in [6.07, 6.45) is 0. The van der Waals surface area contributed by atoms with Gasteiger partial charge in [0, 0.05) is 35.9 Å². The molecule has 0 saturated carbocycles. The lowest BCUT2D eigenvalue weighted by Gasteiger charge is -2.19. The fourth-order valence-electron chi connectivity index (χ4n) is 3.15. The number of benzene rings is 2. The number of aryl methyl sites for hydroxylation is 1. The molecule has 3 aromatic rings. The van der Waals surface area contributed by atoms with Crippen LogP contribution in [0.2, 0.25) is 0 Å². The molecule has 0 aliphatic rings. The van der Waals surface area contributed by atoms with Crippen molar-refractivity contribution in [3.63, 3.8) is 0 Å². The Bertz CT molecular complexity index is 952. The quantitative estimate of drug-likeness (QED) is 0.606. The van der Waals surface area contributed by atoms with Gasteiger partial charge in [0.05, 0.1) is 12.2 Å². The maximum absolute atomic E-state index is 12.5. The molecule has 0 saturated heterocycles. The number of carbonyl (C=O) groups excluding carboxylic acids is 1. The molecule has 146 valence electrons. The highest BCUT2D eigenvalue weighted by molar-refractivity contribution is 9.10. The maximum Gasteiger partial charge on any atom is 0.317 e. The molecular formula is C22H25BrN4O. The molecule has 0 fully saturated rings. The number of hydrogen-bond acceptors (Lipinski definition) is 2. The Morgan fingerprint density at radius 2 is 1.79 bits per heavy atom. The van der Waals surface area contributed by atoms with Gasteiger partial charge >= 0.3 is 6.03 Å². The van der Waals surface area contributed by atoms with Gasteiger partial charge in [0.1, 0.15) is 0 Å². The van der Waals surface area contributed by atoms with E-state index in [9.17, 15) is 4.79 Å². The first kappa shape index (κ1) is 20.1. The maximum atomic E-state index is 12.5. The number of carbonyl (C=O) groups is 1. The van der Waals surface area contributed by atoms with E-state index in [0.717, 1.165) is 33.5 Å². The number of halogens is 1. The summed E-state index contributed by atoms with van der Waals surface area (Å²) in [5.74, 6) is 0. The van der Waals surface area contributed by atoms with Crippen molar-refractivity contribution in [1.82, 2.24) is 20.0 Å². The SMILES string of the molecule is Cc1nn(Cc2ccccc2)c(C)c1CNC(=O)N(C)Cc1ccccc1Br. The van der Waals surface area contributed by atoms with Crippen LogP contribution in [0.25, 0.3) is 0 Å². The zero-order chi connectivity index (χ0) is 20.1. The standard InChI is InChI=1S/C22H25BrN4O/c1-16-20(17(2)27(25-16)14-18-9-5-4-6-10-18)13-24-22(28)26(3)15-19-11-7-8-12-21(19)23/h4-12H,13-15H2,1-3H3,(H,24,28). The molecule has 1 heterocycles. The Morgan fingerprint density at radius 3 is 2.50 bits per heavy atom. The second kappa shape index (κ2) is 9.06. The molecule has 0 radical (unpaired) electrons. The van der Waals surface area contributed by atoms with E-state index in [1.807, 2.05) is 54.1 Å². The van der Waals surface area contributed by atoms with Crippen molar-refractivity contribution in [1.29, 1.82) is 0 Å². The zero-order valence-corrected chi connectivity index (χ0v) is 18.0. The summed E-state index contributed by atoms with van der Waals surface area (Å²) >= 11 is 3.53. The van der Waals surface area contributed by atoms with Crippen molar-refractivity contribution in [3.8, 4) is 0 Å². The summed E-state index contributed by atoms with van der Waals surface area (Å²) in [6.45, 7) is 5.77. The number of urea groups is 1. The van der Waals surface area contributed by atoms with E-state index in [0.29, 0.717) is 13.1 Å². The fraction of sp³-hybridized carbons (Fsp3) is 0.273. The Balaban J connectivity index is 1.62. The minimum atomic E-state index is -0.106. The number of rotatable bonds is 6. The molecule has 0 unspecified atom stereocenters. The molecular weight excluding hydrogens is 416 g/mol. The predicted octanol–water partition coefficient (Wildman–Crippen LogP) is 4.65. The van der Waals surface area contributed by atoms with Crippen LogP contribution in [-0.4, -0.2) is 27.8 Å². The van der Waals surface area contributed by atoms with Gasteiger partial charge in [-0.25, -0.2) is 4.79 Å². The molecule has 2 amide bonds. The lowest BCUT2D eigenvalue weighted by molar-refractivity contribution is 0.206. The van der Waals surface area contributed by atoms with Gasteiger partial charge in [0.2, 0.25) is 0 Å². The molecule has 1 aromatic heterocycles. The van der Waals surface area contributed by atoms with Crippen LogP contribution in [0.5, 0.6) is 0 Å². The third-order valence-corrected chi connectivity index (χ3v) is 5.61. The third kappa shape index (κ3) is 4.81. The van der Waals surface area contributed by atoms with Crippen molar-refractivity contribution < 1.29 is 4.79 Å². The average molecular weight is 441 g/mol. The van der Waals surface area contributed by atoms with E-state index in [1.54, 1.807) is 11.9 Å². The molecule has 2 aromatic carbocycles. The molecule has 3 rings (SSSR count). The second-order valence-electron chi connectivity index (χ2n) is 6.90. The normalized spacial score (nSPS) is 10.7. The van der Waals surface area contributed by atoms with Gasteiger partial charge in [-0.1, -0.05) is 64.5 Å². The summed E-state index contributed by atoms with van der Waals surface area (Å²) < 4.78 is 3.00. The van der Waals surface area contributed by atoms with Crippen LogP contribution in [0.1, 0.15) is 28.1 Å². The van der Waals surface area contributed by atoms with Gasteiger partial charge in [0.25, 0.3) is 0 Å². The molecule has 0 bridgehead atoms. The highest BCUT2D eigenvalue weighted by atomic mass is 79.9. The van der Waals surface area contributed by atoms with Crippen LogP contribution in [0.15, 0.2) is 59.1 Å². The highest BCUT2D eigenvalue weighted by Gasteiger charge is 2.15. The van der Waals surface area contributed by atoms with E-state index in [-0.39, 0.29) is 6.03 Å². The van der Waals surface area contributed by atoms with Gasteiger partial charge in [-0.15, -0.1) is 0 Å². The van der Waals surface area contributed by atoms with E-state index >= 15 is 0 Å². The number of nitrogens with one attached hydrogen (secondary N) is 1. The number of aromatic nitrogens is 2. The largest absolute Gasteiger partial charge is 0.334 e. The van der Waals surface area contributed by atoms with Crippen LogP contribution in [0.4, 0.5) is 4.79 Å². The molecule has 0 aliphatic carbocycles. The van der Waals surface area contributed by atoms with Crippen molar-refractivity contribution in [2.45, 2.75) is 33.5 Å². The Morgan fingerprint density at radius 1 is 1.11 bits per heavy atom. The van der Waals surface area contributed by atoms with Crippen LogP contribution in [0.3, 0.4) is 0 Å². The molecule has 6 heteroatoms. The molecule has 1 N–H and O–H groups in total. The summed E-state index contributed by atoms with van der Waals surface area (Å²) in [5.41, 5.74) is 5.37. The fourth-order valence-corrected chi connectivity index (χ4v) is 3.56. The summed E-state index contributed by atoms with van der Waals surface area (Å²) in [5, 5.41) is 7.67. The Kier molecular flexibility index (Phi) is 6.52. The molecule has 0 aliphatic heterocycles. The minimum Gasteiger partial charge on any atom is -0.334 e. The van der Waals surface area contributed by atoms with Crippen LogP contribution in [0, 0.1) is 13.8 Å². The Labute approximate surface area is 174 Å². The molecule has 5 nitrogen and oxygen atoms in total. The van der Waals surface area contributed by atoms with Gasteiger partial charge in [-0.05, 0) is 31.0 Å². The van der Waals surface area contributed by atoms with Crippen molar-refractivity contribution >= 4 is 22.0 Å². The van der Waals surface area contributed by atoms with Gasteiger partial charge in [-0.2, -0.15) is 5.10 Å². The molecule has 0 atom stereocenters. The molecule has 28 heavy (non-hydrogen) atoms. The lowest BCUT2D eigenvalue weighted by atomic mass is 10.2. The summed E-state index contributed by atoms with van der Waals surface area (Å²) in [4.78, 5) is 14.2. The number of hydrogen-bond donors (Lipinski definition) is 1. The first-order valence-electron chi connectivity index (χ1n) is 9.25. The lowest BCUT2D eigenvalue weighted by Crippen LogP contribution is -2.36. The first-order chi connectivity index (χ1) is 13.5. The van der Waals surface area contributed by atoms with Crippen molar-refractivity contribution in [2.24, 2.45) is 0 Å². The van der Waals surface area contributed by atoms with E-state index in [4.69, 9.17) is 0 Å². The van der Waals surface area contributed by atoms with E-state index in [2.05, 4.69) is 45.4 Å². The number of nitrogens with zero attached hydrogens (tertiary/aromatic N) is 3. The average Bonchev–Trinajstić information content (AvgIpc) is 2.95. The van der Waals surface area contributed by atoms with Gasteiger partial charge in [-0.3, -0.25) is 4.68 Å². The first-order valence-corrected chi connectivity index (χ1v) is 10.0. The molecule has 0 spiro atoms. The smallest absolute Gasteiger partial charge is 0.317 e. The topological polar surface area (TPSA) is 50.2 Å². The van der Waals surface area contributed by atoms with Crippen LogP contribution in [-0.2, 0) is 19.6 Å².